The van der Waals surface area contributed by atoms with Gasteiger partial charge in [-0.3, -0.25) is 5.32 Å². The van der Waals surface area contributed by atoms with Crippen molar-refractivity contribution in [1.29, 1.82) is 0 Å². The molecule has 1 unspecified atom stereocenters. The van der Waals surface area contributed by atoms with Crippen LogP contribution < -0.4 is 15.5 Å². The van der Waals surface area contributed by atoms with Crippen LogP contribution in [0.5, 0.6) is 0 Å². The lowest BCUT2D eigenvalue weighted by Gasteiger charge is -2.31. The SMILES string of the molecule is Cc1cc2ccc1-c1ccnc(n1)Nc1ccc(N3CCOCC3)c(c1)COCCCCNC2O. The summed E-state index contributed by atoms with van der Waals surface area (Å²) in [5, 5.41) is 17.2. The highest BCUT2D eigenvalue weighted by atomic mass is 16.5. The number of aliphatic hydroxyl groups excluding tert-OH is 1. The largest absolute Gasteiger partial charge is 0.378 e. The molecule has 1 aromatic heterocycles. The van der Waals surface area contributed by atoms with Crippen LogP contribution in [0.3, 0.4) is 0 Å². The fourth-order valence-electron chi connectivity index (χ4n) is 4.60. The highest BCUT2D eigenvalue weighted by molar-refractivity contribution is 5.67. The normalized spacial score (nSPS) is 19.4. The topological polar surface area (TPSA) is 91.8 Å². The van der Waals surface area contributed by atoms with E-state index in [1.807, 2.05) is 31.2 Å². The zero-order chi connectivity index (χ0) is 24.0. The predicted molar refractivity (Wildman–Crippen MR) is 137 cm³/mol. The van der Waals surface area contributed by atoms with E-state index in [1.165, 1.54) is 5.69 Å². The van der Waals surface area contributed by atoms with Crippen LogP contribution in [0.15, 0.2) is 48.7 Å². The summed E-state index contributed by atoms with van der Waals surface area (Å²) in [5.41, 5.74) is 6.98. The van der Waals surface area contributed by atoms with Crippen molar-refractivity contribution < 1.29 is 14.6 Å². The molecule has 1 fully saturated rings. The number of nitrogens with zero attached hydrogens (tertiary/aromatic N) is 3. The van der Waals surface area contributed by atoms with Gasteiger partial charge in [-0.05, 0) is 61.7 Å². The van der Waals surface area contributed by atoms with E-state index in [-0.39, 0.29) is 0 Å². The summed E-state index contributed by atoms with van der Waals surface area (Å²) in [6.45, 7) is 7.17. The van der Waals surface area contributed by atoms with Crippen LogP contribution in [-0.4, -0.2) is 54.5 Å². The zero-order valence-corrected chi connectivity index (χ0v) is 20.2. The van der Waals surface area contributed by atoms with Crippen molar-refractivity contribution >= 4 is 17.3 Å². The molecule has 0 spiro atoms. The highest BCUT2D eigenvalue weighted by Crippen LogP contribution is 2.29. The van der Waals surface area contributed by atoms with E-state index in [1.54, 1.807) is 6.20 Å². The maximum absolute atomic E-state index is 10.6. The summed E-state index contributed by atoms with van der Waals surface area (Å²) in [6, 6.07) is 14.2. The summed E-state index contributed by atoms with van der Waals surface area (Å²) < 4.78 is 11.6. The fraction of sp³-hybridized carbons (Fsp3) is 0.407. The first kappa shape index (κ1) is 23.7. The van der Waals surface area contributed by atoms with Crippen LogP contribution >= 0.6 is 0 Å². The van der Waals surface area contributed by atoms with Crippen molar-refractivity contribution in [3.8, 4) is 11.3 Å². The van der Waals surface area contributed by atoms with Crippen LogP contribution in [0.25, 0.3) is 11.3 Å². The zero-order valence-electron chi connectivity index (χ0n) is 20.2. The van der Waals surface area contributed by atoms with E-state index < -0.39 is 6.23 Å². The molecule has 6 rings (SSSR count). The molecular weight excluding hydrogens is 442 g/mol. The molecule has 0 aliphatic carbocycles. The number of hydrogen-bond acceptors (Lipinski definition) is 8. The number of benzene rings is 2. The first-order chi connectivity index (χ1) is 17.2. The average molecular weight is 476 g/mol. The summed E-state index contributed by atoms with van der Waals surface area (Å²) in [4.78, 5) is 11.6. The molecule has 3 N–H and O–H groups in total. The number of morpholine rings is 1. The number of nitrogens with one attached hydrogen (secondary N) is 2. The van der Waals surface area contributed by atoms with Gasteiger partial charge in [0.2, 0.25) is 5.95 Å². The Morgan fingerprint density at radius 3 is 2.74 bits per heavy atom. The van der Waals surface area contributed by atoms with Crippen molar-refractivity contribution in [1.82, 2.24) is 15.3 Å². The predicted octanol–water partition coefficient (Wildman–Crippen LogP) is 3.92. The molecule has 1 atom stereocenters. The minimum atomic E-state index is -0.703. The van der Waals surface area contributed by atoms with Crippen LogP contribution in [0, 0.1) is 6.92 Å². The Morgan fingerprint density at radius 1 is 1.00 bits per heavy atom. The van der Waals surface area contributed by atoms with Gasteiger partial charge in [0, 0.05) is 48.4 Å². The number of ether oxygens (including phenoxy) is 2. The van der Waals surface area contributed by atoms with E-state index in [9.17, 15) is 5.11 Å². The van der Waals surface area contributed by atoms with Crippen molar-refractivity contribution in [2.45, 2.75) is 32.6 Å². The van der Waals surface area contributed by atoms with Gasteiger partial charge in [-0.2, -0.15) is 0 Å². The van der Waals surface area contributed by atoms with Crippen LogP contribution in [0.1, 0.15) is 35.8 Å². The Kier molecular flexibility index (Phi) is 7.54. The van der Waals surface area contributed by atoms with E-state index >= 15 is 0 Å². The quantitative estimate of drug-likeness (QED) is 0.488. The number of aromatic nitrogens is 2. The third-order valence-electron chi connectivity index (χ3n) is 6.50. The molecule has 0 saturated carbocycles. The summed E-state index contributed by atoms with van der Waals surface area (Å²) in [5.74, 6) is 0.539. The van der Waals surface area contributed by atoms with Crippen molar-refractivity contribution in [2.24, 2.45) is 0 Å². The monoisotopic (exact) mass is 475 g/mol. The van der Waals surface area contributed by atoms with Gasteiger partial charge in [0.25, 0.3) is 0 Å². The number of anilines is 3. The first-order valence-corrected chi connectivity index (χ1v) is 12.3. The number of fused-ring (bicyclic) bond motifs is 9. The minimum Gasteiger partial charge on any atom is -0.378 e. The summed E-state index contributed by atoms with van der Waals surface area (Å²) >= 11 is 0. The Hall–Kier alpha value is -3.04. The molecule has 184 valence electrons. The second kappa shape index (κ2) is 11.1. The number of aryl methyl sites for hydroxylation is 1. The van der Waals surface area contributed by atoms with Crippen LogP contribution in [0.2, 0.25) is 0 Å². The molecule has 8 heteroatoms. The van der Waals surface area contributed by atoms with E-state index in [0.717, 1.165) is 79.3 Å². The Morgan fingerprint density at radius 2 is 1.89 bits per heavy atom. The molecule has 0 amide bonds. The van der Waals surface area contributed by atoms with Crippen molar-refractivity contribution in [3.05, 3.63) is 65.4 Å². The lowest BCUT2D eigenvalue weighted by molar-refractivity contribution is 0.110. The minimum absolute atomic E-state index is 0.530. The third kappa shape index (κ3) is 5.79. The molecule has 1 saturated heterocycles. The Balaban J connectivity index is 1.47. The lowest BCUT2D eigenvalue weighted by Crippen LogP contribution is -2.36. The lowest BCUT2D eigenvalue weighted by atomic mass is 10.0. The Bertz CT molecular complexity index is 1150. The molecule has 3 aliphatic rings. The number of hydrogen-bond donors (Lipinski definition) is 3. The van der Waals surface area contributed by atoms with Crippen molar-refractivity contribution in [3.63, 3.8) is 0 Å². The Labute approximate surface area is 206 Å². The first-order valence-electron chi connectivity index (χ1n) is 12.3. The van der Waals surface area contributed by atoms with Gasteiger partial charge < -0.3 is 24.8 Å². The standard InChI is InChI=1S/C27H33N5O3/c1-19-16-20-4-6-23(19)24-8-10-29-27(31-24)30-22-5-7-25(32-11-14-34-15-12-32)21(17-22)18-35-13-3-2-9-28-26(20)33/h4-8,10,16-17,26,28,33H,2-3,9,11-15,18H2,1H3,(H,29,30,31). The van der Waals surface area contributed by atoms with Gasteiger partial charge >= 0.3 is 0 Å². The molecular formula is C27H33N5O3. The van der Waals surface area contributed by atoms with Crippen LogP contribution in [-0.2, 0) is 16.1 Å². The smallest absolute Gasteiger partial charge is 0.227 e. The molecule has 8 nitrogen and oxygen atoms in total. The molecule has 2 aromatic carbocycles. The van der Waals surface area contributed by atoms with Gasteiger partial charge in [0.05, 0.1) is 25.5 Å². The molecule has 0 radical (unpaired) electrons. The summed E-state index contributed by atoms with van der Waals surface area (Å²) in [7, 11) is 0. The number of aliphatic hydroxyl groups is 1. The second-order valence-electron chi connectivity index (χ2n) is 9.02. The van der Waals surface area contributed by atoms with Gasteiger partial charge in [-0.25, -0.2) is 9.97 Å². The average Bonchev–Trinajstić information content (AvgIpc) is 2.88. The molecule has 3 aromatic rings. The maximum atomic E-state index is 10.6. The third-order valence-corrected chi connectivity index (χ3v) is 6.50. The highest BCUT2D eigenvalue weighted by Gasteiger charge is 2.16. The molecule has 6 bridgehead atoms. The van der Waals surface area contributed by atoms with Gasteiger partial charge in [-0.1, -0.05) is 18.2 Å². The van der Waals surface area contributed by atoms with E-state index in [4.69, 9.17) is 14.5 Å². The molecule has 3 aliphatic heterocycles. The van der Waals surface area contributed by atoms with Gasteiger partial charge in [0.1, 0.15) is 6.23 Å². The fourth-order valence-corrected chi connectivity index (χ4v) is 4.60. The molecule has 4 heterocycles. The summed E-state index contributed by atoms with van der Waals surface area (Å²) in [6.07, 6.45) is 2.91. The maximum Gasteiger partial charge on any atom is 0.227 e. The van der Waals surface area contributed by atoms with E-state index in [0.29, 0.717) is 19.2 Å². The van der Waals surface area contributed by atoms with Gasteiger partial charge in [0.15, 0.2) is 0 Å². The van der Waals surface area contributed by atoms with Crippen LogP contribution in [0.4, 0.5) is 17.3 Å². The second-order valence-corrected chi connectivity index (χ2v) is 9.02. The molecule has 35 heavy (non-hydrogen) atoms. The van der Waals surface area contributed by atoms with Crippen molar-refractivity contribution in [2.75, 3.05) is 49.7 Å². The number of rotatable bonds is 1. The van der Waals surface area contributed by atoms with E-state index in [2.05, 4.69) is 38.7 Å². The van der Waals surface area contributed by atoms with Gasteiger partial charge in [-0.15, -0.1) is 0 Å².